The van der Waals surface area contributed by atoms with Crippen LogP contribution in [-0.2, 0) is 6.42 Å². The molecule has 0 spiro atoms. The van der Waals surface area contributed by atoms with E-state index in [1.54, 1.807) is 18.2 Å². The molecule has 19 heavy (non-hydrogen) atoms. The Morgan fingerprint density at radius 3 is 2.74 bits per heavy atom. The first-order valence-corrected chi connectivity index (χ1v) is 6.60. The lowest BCUT2D eigenvalue weighted by molar-refractivity contribution is 0.0993. The first-order chi connectivity index (χ1) is 8.97. The van der Waals surface area contributed by atoms with E-state index in [9.17, 15) is 9.18 Å². The zero-order chi connectivity index (χ0) is 14.0. The number of aryl methyl sites for hydroxylation is 1. The predicted molar refractivity (Wildman–Crippen MR) is 77.7 cm³/mol. The van der Waals surface area contributed by atoms with Crippen molar-refractivity contribution in [2.24, 2.45) is 0 Å². The molecule has 2 aromatic carbocycles. The Morgan fingerprint density at radius 1 is 1.26 bits per heavy atom. The third-order valence-electron chi connectivity index (χ3n) is 2.87. The number of nitrogen functional groups attached to an aromatic ring is 1. The van der Waals surface area contributed by atoms with Gasteiger partial charge in [0.15, 0.2) is 5.78 Å². The zero-order valence-corrected chi connectivity index (χ0v) is 12.0. The second-order valence-corrected chi connectivity index (χ2v) is 5.28. The van der Waals surface area contributed by atoms with Crippen LogP contribution >= 0.6 is 15.9 Å². The fraction of sp³-hybridized carbons (Fsp3) is 0.133. The van der Waals surface area contributed by atoms with Gasteiger partial charge in [-0.05, 0) is 42.8 Å². The molecule has 0 bridgehead atoms. The molecular weight excluding hydrogens is 309 g/mol. The van der Waals surface area contributed by atoms with Crippen LogP contribution in [0.3, 0.4) is 0 Å². The highest BCUT2D eigenvalue weighted by atomic mass is 79.9. The summed E-state index contributed by atoms with van der Waals surface area (Å²) in [6.45, 7) is 1.90. The monoisotopic (exact) mass is 321 g/mol. The highest BCUT2D eigenvalue weighted by molar-refractivity contribution is 9.10. The molecule has 0 aliphatic rings. The second kappa shape index (κ2) is 5.53. The van der Waals surface area contributed by atoms with Gasteiger partial charge in [0.05, 0.1) is 0 Å². The predicted octanol–water partition coefficient (Wildman–Crippen LogP) is 3.90. The lowest BCUT2D eigenvalue weighted by Gasteiger charge is -2.07. The number of carbonyl (C=O) groups excluding carboxylic acids is 1. The lowest BCUT2D eigenvalue weighted by atomic mass is 10.00. The van der Waals surface area contributed by atoms with Crippen LogP contribution < -0.4 is 5.73 Å². The average molecular weight is 322 g/mol. The van der Waals surface area contributed by atoms with Gasteiger partial charge in [0.1, 0.15) is 5.82 Å². The van der Waals surface area contributed by atoms with Gasteiger partial charge in [0, 0.05) is 22.1 Å². The second-order valence-electron chi connectivity index (χ2n) is 4.43. The zero-order valence-electron chi connectivity index (χ0n) is 10.4. The topological polar surface area (TPSA) is 43.1 Å². The van der Waals surface area contributed by atoms with E-state index >= 15 is 0 Å². The van der Waals surface area contributed by atoms with E-state index in [0.717, 1.165) is 5.56 Å². The molecule has 2 N–H and O–H groups in total. The minimum atomic E-state index is -0.358. The normalized spacial score (nSPS) is 10.5. The summed E-state index contributed by atoms with van der Waals surface area (Å²) in [6, 6.07) is 9.61. The lowest BCUT2D eigenvalue weighted by Crippen LogP contribution is -2.08. The molecule has 0 heterocycles. The van der Waals surface area contributed by atoms with Crippen molar-refractivity contribution in [3.8, 4) is 0 Å². The van der Waals surface area contributed by atoms with E-state index < -0.39 is 0 Å². The Bertz CT molecular complexity index is 640. The van der Waals surface area contributed by atoms with Gasteiger partial charge in [-0.3, -0.25) is 4.79 Å². The molecule has 4 heteroatoms. The van der Waals surface area contributed by atoms with Crippen molar-refractivity contribution in [2.75, 3.05) is 5.73 Å². The van der Waals surface area contributed by atoms with Crippen molar-refractivity contribution >= 4 is 27.4 Å². The number of nitrogens with two attached hydrogens (primary N) is 1. The quantitative estimate of drug-likeness (QED) is 0.688. The molecule has 0 aromatic heterocycles. The van der Waals surface area contributed by atoms with Crippen molar-refractivity contribution in [2.45, 2.75) is 13.3 Å². The Hall–Kier alpha value is -1.68. The molecule has 2 nitrogen and oxygen atoms in total. The summed E-state index contributed by atoms with van der Waals surface area (Å²) in [5.41, 5.74) is 8.32. The fourth-order valence-electron chi connectivity index (χ4n) is 1.86. The number of ketones is 1. The molecule has 2 rings (SSSR count). The van der Waals surface area contributed by atoms with Crippen molar-refractivity contribution < 1.29 is 9.18 Å². The Labute approximate surface area is 119 Å². The first kappa shape index (κ1) is 13.7. The molecule has 0 atom stereocenters. The maximum atomic E-state index is 13.2. The number of rotatable bonds is 3. The number of benzene rings is 2. The van der Waals surface area contributed by atoms with Gasteiger partial charge in [0.2, 0.25) is 0 Å². The van der Waals surface area contributed by atoms with Crippen LogP contribution in [0.5, 0.6) is 0 Å². The average Bonchev–Trinajstić information content (AvgIpc) is 2.36. The van der Waals surface area contributed by atoms with Crippen molar-refractivity contribution in [3.63, 3.8) is 0 Å². The van der Waals surface area contributed by atoms with Gasteiger partial charge < -0.3 is 5.73 Å². The maximum Gasteiger partial charge on any atom is 0.169 e. The number of Topliss-reactive ketones (excluding diaryl/α,β-unsaturated/α-hetero) is 1. The van der Waals surface area contributed by atoms with E-state index in [0.29, 0.717) is 21.3 Å². The molecule has 0 unspecified atom stereocenters. The molecule has 0 amide bonds. The van der Waals surface area contributed by atoms with E-state index in [-0.39, 0.29) is 18.0 Å². The number of hydrogen-bond acceptors (Lipinski definition) is 2. The van der Waals surface area contributed by atoms with Crippen molar-refractivity contribution in [1.82, 2.24) is 0 Å². The SMILES string of the molecule is Cc1ccc(N)c(C(=O)Cc2cc(F)ccc2Br)c1. The standard InChI is InChI=1S/C15H13BrFNO/c1-9-2-5-14(18)12(6-9)15(19)8-10-7-11(17)3-4-13(10)16/h2-7H,8,18H2,1H3. The molecule has 98 valence electrons. The minimum absolute atomic E-state index is 0.117. The van der Waals surface area contributed by atoms with Gasteiger partial charge in [-0.15, -0.1) is 0 Å². The first-order valence-electron chi connectivity index (χ1n) is 5.80. The van der Waals surface area contributed by atoms with Gasteiger partial charge in [-0.2, -0.15) is 0 Å². The van der Waals surface area contributed by atoms with Gasteiger partial charge in [0.25, 0.3) is 0 Å². The Balaban J connectivity index is 2.30. The van der Waals surface area contributed by atoms with Crippen molar-refractivity contribution in [3.05, 3.63) is 63.4 Å². The van der Waals surface area contributed by atoms with Crippen LogP contribution in [0.4, 0.5) is 10.1 Å². The van der Waals surface area contributed by atoms with Gasteiger partial charge in [-0.25, -0.2) is 4.39 Å². The summed E-state index contributed by atoms with van der Waals surface area (Å²) in [5.74, 6) is -0.476. The van der Waals surface area contributed by atoms with E-state index in [2.05, 4.69) is 15.9 Å². The molecule has 0 saturated carbocycles. The third-order valence-corrected chi connectivity index (χ3v) is 3.64. The number of anilines is 1. The summed E-state index contributed by atoms with van der Waals surface area (Å²) in [7, 11) is 0. The molecule has 0 aliphatic heterocycles. The van der Waals surface area contributed by atoms with E-state index in [1.165, 1.54) is 12.1 Å². The molecule has 2 aromatic rings. The van der Waals surface area contributed by atoms with Crippen molar-refractivity contribution in [1.29, 1.82) is 0 Å². The molecule has 0 saturated heterocycles. The summed E-state index contributed by atoms with van der Waals surface area (Å²) >= 11 is 3.31. The van der Waals surface area contributed by atoms with Crippen LogP contribution in [0.2, 0.25) is 0 Å². The molecular formula is C15H13BrFNO. The number of halogens is 2. The van der Waals surface area contributed by atoms with Crippen LogP contribution in [-0.4, -0.2) is 5.78 Å². The third kappa shape index (κ3) is 3.20. The van der Waals surface area contributed by atoms with Gasteiger partial charge >= 0.3 is 0 Å². The molecule has 0 fully saturated rings. The fourth-order valence-corrected chi connectivity index (χ4v) is 2.25. The summed E-state index contributed by atoms with van der Waals surface area (Å²) in [4.78, 5) is 12.2. The van der Waals surface area contributed by atoms with Crippen LogP contribution in [0.25, 0.3) is 0 Å². The van der Waals surface area contributed by atoms with Crippen LogP contribution in [0.15, 0.2) is 40.9 Å². The number of carbonyl (C=O) groups is 1. The van der Waals surface area contributed by atoms with Gasteiger partial charge in [-0.1, -0.05) is 27.6 Å². The summed E-state index contributed by atoms with van der Waals surface area (Å²) < 4.78 is 13.9. The van der Waals surface area contributed by atoms with E-state index in [4.69, 9.17) is 5.73 Å². The number of hydrogen-bond donors (Lipinski definition) is 1. The summed E-state index contributed by atoms with van der Waals surface area (Å²) in [6.07, 6.45) is 0.117. The smallest absolute Gasteiger partial charge is 0.169 e. The molecule has 0 radical (unpaired) electrons. The molecule has 0 aliphatic carbocycles. The largest absolute Gasteiger partial charge is 0.398 e. The highest BCUT2D eigenvalue weighted by Gasteiger charge is 2.13. The van der Waals surface area contributed by atoms with E-state index in [1.807, 2.05) is 13.0 Å². The Morgan fingerprint density at radius 2 is 2.00 bits per heavy atom. The summed E-state index contributed by atoms with van der Waals surface area (Å²) in [5, 5.41) is 0. The van der Waals surface area contributed by atoms with Crippen LogP contribution in [0, 0.1) is 12.7 Å². The van der Waals surface area contributed by atoms with Crippen LogP contribution in [0.1, 0.15) is 21.5 Å². The minimum Gasteiger partial charge on any atom is -0.398 e. The Kier molecular flexibility index (Phi) is 4.00. The highest BCUT2D eigenvalue weighted by Crippen LogP contribution is 2.22. The maximum absolute atomic E-state index is 13.2.